The number of aromatic nitrogens is 1. The van der Waals surface area contributed by atoms with Gasteiger partial charge in [-0.15, -0.1) is 0 Å². The molecule has 0 aliphatic carbocycles. The van der Waals surface area contributed by atoms with E-state index in [1.165, 1.54) is 17.8 Å². The van der Waals surface area contributed by atoms with Gasteiger partial charge in [0, 0.05) is 36.5 Å². The molecular weight excluding hydrogens is 200 g/mol. The van der Waals surface area contributed by atoms with E-state index in [-0.39, 0.29) is 6.10 Å². The van der Waals surface area contributed by atoms with Gasteiger partial charge in [0.15, 0.2) is 0 Å². The van der Waals surface area contributed by atoms with Gasteiger partial charge in [0.2, 0.25) is 0 Å². The van der Waals surface area contributed by atoms with Crippen molar-refractivity contribution in [2.45, 2.75) is 32.8 Å². The number of piperidine rings is 1. The maximum absolute atomic E-state index is 10.4. The van der Waals surface area contributed by atoms with E-state index in [0.29, 0.717) is 5.92 Å². The van der Waals surface area contributed by atoms with Crippen molar-refractivity contribution in [3.63, 3.8) is 0 Å². The third-order valence-corrected chi connectivity index (χ3v) is 3.91. The second-order valence-corrected chi connectivity index (χ2v) is 4.94. The average molecular weight is 222 g/mol. The molecule has 2 rings (SSSR count). The zero-order chi connectivity index (χ0) is 11.7. The highest BCUT2D eigenvalue weighted by Crippen LogP contribution is 2.30. The Morgan fingerprint density at radius 2 is 2.25 bits per heavy atom. The van der Waals surface area contributed by atoms with Crippen LogP contribution >= 0.6 is 0 Å². The maximum atomic E-state index is 10.4. The van der Waals surface area contributed by atoms with E-state index in [9.17, 15) is 5.11 Å². The highest BCUT2D eigenvalue weighted by Gasteiger charge is 2.25. The van der Waals surface area contributed by atoms with Crippen LogP contribution in [0.3, 0.4) is 0 Å². The number of hydrogen-bond donors (Lipinski definition) is 2. The minimum absolute atomic E-state index is 0.312. The van der Waals surface area contributed by atoms with Crippen LogP contribution in [0.4, 0.5) is 0 Å². The van der Waals surface area contributed by atoms with Gasteiger partial charge in [-0.3, -0.25) is 0 Å². The van der Waals surface area contributed by atoms with Crippen molar-refractivity contribution in [3.05, 3.63) is 23.0 Å². The first-order valence-corrected chi connectivity index (χ1v) is 6.13. The van der Waals surface area contributed by atoms with Gasteiger partial charge in [0.05, 0.1) is 6.10 Å². The predicted molar refractivity (Wildman–Crippen MR) is 65.4 cm³/mol. The van der Waals surface area contributed by atoms with Crippen LogP contribution in [0.5, 0.6) is 0 Å². The third kappa shape index (κ3) is 2.02. The second kappa shape index (κ2) is 4.60. The van der Waals surface area contributed by atoms with Crippen molar-refractivity contribution >= 4 is 0 Å². The maximum Gasteiger partial charge on any atom is 0.0847 e. The van der Waals surface area contributed by atoms with Gasteiger partial charge < -0.3 is 15.0 Å². The summed E-state index contributed by atoms with van der Waals surface area (Å²) >= 11 is 0. The summed E-state index contributed by atoms with van der Waals surface area (Å²) in [4.78, 5) is 0. The lowest BCUT2D eigenvalue weighted by molar-refractivity contribution is 0.0916. The fourth-order valence-corrected chi connectivity index (χ4v) is 2.59. The molecule has 1 saturated heterocycles. The third-order valence-electron chi connectivity index (χ3n) is 3.91. The quantitative estimate of drug-likeness (QED) is 0.799. The summed E-state index contributed by atoms with van der Waals surface area (Å²) in [7, 11) is 2.06. The second-order valence-electron chi connectivity index (χ2n) is 4.94. The van der Waals surface area contributed by atoms with Crippen molar-refractivity contribution < 1.29 is 5.11 Å². The lowest BCUT2D eigenvalue weighted by Gasteiger charge is -2.27. The van der Waals surface area contributed by atoms with E-state index < -0.39 is 0 Å². The lowest BCUT2D eigenvalue weighted by Crippen LogP contribution is -2.33. The summed E-state index contributed by atoms with van der Waals surface area (Å²) in [6, 6.07) is 2.12. The molecule has 1 fully saturated rings. The van der Waals surface area contributed by atoms with Gasteiger partial charge in [-0.05, 0) is 39.3 Å². The van der Waals surface area contributed by atoms with Gasteiger partial charge in [-0.25, -0.2) is 0 Å². The molecule has 1 aromatic heterocycles. The highest BCUT2D eigenvalue weighted by molar-refractivity contribution is 5.29. The summed E-state index contributed by atoms with van der Waals surface area (Å²) in [5, 5.41) is 13.8. The Kier molecular flexibility index (Phi) is 3.36. The first-order chi connectivity index (χ1) is 7.61. The molecule has 0 saturated carbocycles. The molecule has 90 valence electrons. The highest BCUT2D eigenvalue weighted by atomic mass is 16.3. The molecule has 2 heterocycles. The number of aliphatic hydroxyl groups excluding tert-OH is 1. The van der Waals surface area contributed by atoms with Gasteiger partial charge in [0.25, 0.3) is 0 Å². The van der Waals surface area contributed by atoms with Gasteiger partial charge in [0.1, 0.15) is 0 Å². The van der Waals surface area contributed by atoms with Crippen molar-refractivity contribution in [2.24, 2.45) is 13.0 Å². The van der Waals surface area contributed by atoms with Crippen LogP contribution in [0.2, 0.25) is 0 Å². The monoisotopic (exact) mass is 222 g/mol. The first-order valence-electron chi connectivity index (χ1n) is 6.13. The number of nitrogens with zero attached hydrogens (tertiary/aromatic N) is 1. The zero-order valence-corrected chi connectivity index (χ0v) is 10.5. The number of aliphatic hydroxyl groups is 1. The number of hydrogen-bond acceptors (Lipinski definition) is 2. The Labute approximate surface area is 97.5 Å². The van der Waals surface area contributed by atoms with Gasteiger partial charge in [-0.1, -0.05) is 0 Å². The molecule has 0 aromatic carbocycles. The zero-order valence-electron chi connectivity index (χ0n) is 10.5. The Hall–Kier alpha value is -0.800. The van der Waals surface area contributed by atoms with Crippen molar-refractivity contribution in [2.75, 3.05) is 13.1 Å². The van der Waals surface area contributed by atoms with Gasteiger partial charge in [-0.2, -0.15) is 0 Å². The minimum atomic E-state index is -0.312. The molecule has 0 radical (unpaired) electrons. The normalized spacial score (nSPS) is 23.4. The Balaban J connectivity index is 2.19. The topological polar surface area (TPSA) is 37.2 Å². The smallest absolute Gasteiger partial charge is 0.0847 e. The molecular formula is C13H22N2O. The van der Waals surface area contributed by atoms with Crippen LogP contribution in [0.1, 0.15) is 35.9 Å². The molecule has 2 atom stereocenters. The van der Waals surface area contributed by atoms with Crippen molar-refractivity contribution in [3.8, 4) is 0 Å². The Morgan fingerprint density at radius 1 is 1.50 bits per heavy atom. The lowest BCUT2D eigenvalue weighted by atomic mass is 9.89. The fraction of sp³-hybridized carbons (Fsp3) is 0.692. The molecule has 0 spiro atoms. The molecule has 16 heavy (non-hydrogen) atoms. The molecule has 1 aliphatic rings. The Morgan fingerprint density at radius 3 is 2.75 bits per heavy atom. The summed E-state index contributed by atoms with van der Waals surface area (Å²) in [6.45, 7) is 6.20. The standard InChI is InChI=1S/C13H22N2O/c1-9-7-12(10(2)15(9)3)13(16)11-5-4-6-14-8-11/h7,11,13-14,16H,4-6,8H2,1-3H3. The average Bonchev–Trinajstić information content (AvgIpc) is 2.57. The predicted octanol–water partition coefficient (Wildman–Crippen LogP) is 1.67. The molecule has 2 unspecified atom stereocenters. The number of rotatable bonds is 2. The molecule has 3 nitrogen and oxygen atoms in total. The van der Waals surface area contributed by atoms with E-state index >= 15 is 0 Å². The van der Waals surface area contributed by atoms with Crippen LogP contribution < -0.4 is 5.32 Å². The van der Waals surface area contributed by atoms with E-state index in [1.54, 1.807) is 0 Å². The molecule has 1 aliphatic heterocycles. The molecule has 0 amide bonds. The van der Waals surface area contributed by atoms with E-state index in [4.69, 9.17) is 0 Å². The summed E-state index contributed by atoms with van der Waals surface area (Å²) in [5.41, 5.74) is 3.51. The van der Waals surface area contributed by atoms with E-state index in [1.807, 2.05) is 0 Å². The number of nitrogens with one attached hydrogen (secondary N) is 1. The van der Waals surface area contributed by atoms with E-state index in [2.05, 4.69) is 36.8 Å². The minimum Gasteiger partial charge on any atom is -0.388 e. The summed E-state index contributed by atoms with van der Waals surface area (Å²) in [5.74, 6) is 0.370. The fourth-order valence-electron chi connectivity index (χ4n) is 2.59. The Bertz CT molecular complexity index is 364. The van der Waals surface area contributed by atoms with Crippen molar-refractivity contribution in [1.29, 1.82) is 0 Å². The van der Waals surface area contributed by atoms with Crippen LogP contribution in [-0.2, 0) is 7.05 Å². The van der Waals surface area contributed by atoms with Crippen LogP contribution in [0, 0.1) is 19.8 Å². The SMILES string of the molecule is Cc1cc(C(O)C2CCCNC2)c(C)n1C. The molecule has 0 bridgehead atoms. The molecule has 2 N–H and O–H groups in total. The van der Waals surface area contributed by atoms with Crippen LogP contribution in [0.25, 0.3) is 0 Å². The van der Waals surface area contributed by atoms with E-state index in [0.717, 1.165) is 25.1 Å². The summed E-state index contributed by atoms with van der Waals surface area (Å²) < 4.78 is 2.15. The van der Waals surface area contributed by atoms with Crippen LogP contribution in [0.15, 0.2) is 6.07 Å². The molecule has 3 heteroatoms. The van der Waals surface area contributed by atoms with Crippen molar-refractivity contribution in [1.82, 2.24) is 9.88 Å². The number of aryl methyl sites for hydroxylation is 1. The van der Waals surface area contributed by atoms with Gasteiger partial charge >= 0.3 is 0 Å². The summed E-state index contributed by atoms with van der Waals surface area (Å²) in [6.07, 6.45) is 1.99. The first kappa shape index (κ1) is 11.7. The largest absolute Gasteiger partial charge is 0.388 e. The van der Waals surface area contributed by atoms with Crippen LogP contribution in [-0.4, -0.2) is 22.8 Å². The molecule has 1 aromatic rings.